The molecule has 3 aliphatic heterocycles. The van der Waals surface area contributed by atoms with Crippen molar-refractivity contribution in [1.29, 1.82) is 0 Å². The highest BCUT2D eigenvalue weighted by Crippen LogP contribution is 2.43. The molecule has 0 N–H and O–H groups in total. The van der Waals surface area contributed by atoms with Crippen molar-refractivity contribution >= 4 is 29.3 Å². The lowest BCUT2D eigenvalue weighted by Crippen LogP contribution is -2.48. The van der Waals surface area contributed by atoms with Gasteiger partial charge in [0.2, 0.25) is 5.24 Å². The summed E-state index contributed by atoms with van der Waals surface area (Å²) in [7, 11) is 0. The average Bonchev–Trinajstić information content (AvgIpc) is 2.18. The Balaban J connectivity index is 0.000000980. The summed E-state index contributed by atoms with van der Waals surface area (Å²) in [6.45, 7) is 3.70. The Morgan fingerprint density at radius 2 is 1.71 bits per heavy atom. The summed E-state index contributed by atoms with van der Waals surface area (Å²) in [5, 5.41) is -0.164. The number of carbonyl (C=O) groups excluding carboxylic acids is 1. The highest BCUT2D eigenvalue weighted by molar-refractivity contribution is 6.63. The number of carbonyl (C=O) groups is 1. The second kappa shape index (κ2) is 4.82. The molecular formula is C10H17Cl2NO. The van der Waals surface area contributed by atoms with Crippen LogP contribution in [0.4, 0.5) is 0 Å². The van der Waals surface area contributed by atoms with Gasteiger partial charge < -0.3 is 4.90 Å². The summed E-state index contributed by atoms with van der Waals surface area (Å²) >= 11 is 5.38. The molecule has 0 atom stereocenters. The Morgan fingerprint density at radius 3 is 2.14 bits per heavy atom. The maximum absolute atomic E-state index is 10.7. The summed E-state index contributed by atoms with van der Waals surface area (Å²) in [5.41, 5.74) is 0.472. The largest absolute Gasteiger partial charge is 0.303 e. The number of rotatable bonds is 3. The molecule has 14 heavy (non-hydrogen) atoms. The van der Waals surface area contributed by atoms with Gasteiger partial charge in [-0.25, -0.2) is 0 Å². The van der Waals surface area contributed by atoms with Gasteiger partial charge in [-0.3, -0.25) is 4.79 Å². The summed E-state index contributed by atoms with van der Waals surface area (Å²) < 4.78 is 0. The predicted octanol–water partition coefficient (Wildman–Crippen LogP) is 2.44. The highest BCUT2D eigenvalue weighted by atomic mass is 35.5. The molecular weight excluding hydrogens is 221 g/mol. The zero-order valence-corrected chi connectivity index (χ0v) is 9.87. The maximum atomic E-state index is 10.7. The quantitative estimate of drug-likeness (QED) is 0.704. The van der Waals surface area contributed by atoms with Gasteiger partial charge in [0.25, 0.3) is 0 Å². The van der Waals surface area contributed by atoms with Crippen LogP contribution in [0.2, 0.25) is 0 Å². The van der Waals surface area contributed by atoms with Gasteiger partial charge in [-0.1, -0.05) is 0 Å². The van der Waals surface area contributed by atoms with E-state index < -0.39 is 0 Å². The van der Waals surface area contributed by atoms with E-state index >= 15 is 0 Å². The van der Waals surface area contributed by atoms with Crippen LogP contribution in [-0.4, -0.2) is 29.8 Å². The third-order valence-electron chi connectivity index (χ3n) is 3.73. The van der Waals surface area contributed by atoms with E-state index in [0.717, 1.165) is 6.42 Å². The first kappa shape index (κ1) is 12.3. The molecule has 3 rings (SSSR count). The smallest absolute Gasteiger partial charge is 0.221 e. The molecule has 2 bridgehead atoms. The van der Waals surface area contributed by atoms with Crippen molar-refractivity contribution in [3.05, 3.63) is 0 Å². The van der Waals surface area contributed by atoms with Gasteiger partial charge in [0.05, 0.1) is 0 Å². The molecule has 0 saturated carbocycles. The summed E-state index contributed by atoms with van der Waals surface area (Å²) in [6.07, 6.45) is 5.41. The lowest BCUT2D eigenvalue weighted by molar-refractivity contribution is -0.112. The fourth-order valence-electron chi connectivity index (χ4n) is 2.63. The minimum atomic E-state index is -0.164. The van der Waals surface area contributed by atoms with Crippen LogP contribution < -0.4 is 0 Å². The molecule has 0 aromatic heterocycles. The number of hydrogen-bond donors (Lipinski definition) is 0. The molecule has 0 unspecified atom stereocenters. The maximum Gasteiger partial charge on any atom is 0.221 e. The van der Waals surface area contributed by atoms with E-state index in [-0.39, 0.29) is 17.6 Å². The number of nitrogens with zero attached hydrogens (tertiary/aromatic N) is 1. The summed E-state index contributed by atoms with van der Waals surface area (Å²) in [5.74, 6) is 0. The highest BCUT2D eigenvalue weighted by Gasteiger charge is 2.38. The van der Waals surface area contributed by atoms with Crippen LogP contribution in [0.3, 0.4) is 0 Å². The first-order valence-electron chi connectivity index (χ1n) is 5.11. The Bertz CT molecular complexity index is 198. The topological polar surface area (TPSA) is 20.3 Å². The van der Waals surface area contributed by atoms with E-state index in [1.807, 2.05) is 0 Å². The number of fused-ring (bicyclic) bond motifs is 3. The molecule has 0 aliphatic carbocycles. The average molecular weight is 238 g/mol. The van der Waals surface area contributed by atoms with Crippen molar-refractivity contribution in [1.82, 2.24) is 4.90 Å². The third kappa shape index (κ3) is 2.62. The second-order valence-electron chi connectivity index (χ2n) is 4.45. The lowest BCUT2D eigenvalue weighted by atomic mass is 9.69. The predicted molar refractivity (Wildman–Crippen MR) is 60.1 cm³/mol. The monoisotopic (exact) mass is 237 g/mol. The van der Waals surface area contributed by atoms with Crippen molar-refractivity contribution < 1.29 is 4.79 Å². The molecule has 0 aromatic carbocycles. The van der Waals surface area contributed by atoms with Crippen LogP contribution in [0.5, 0.6) is 0 Å². The van der Waals surface area contributed by atoms with E-state index in [1.165, 1.54) is 38.9 Å². The van der Waals surface area contributed by atoms with E-state index in [2.05, 4.69) is 4.90 Å². The fraction of sp³-hybridized carbons (Fsp3) is 0.900. The van der Waals surface area contributed by atoms with Crippen molar-refractivity contribution in [3.8, 4) is 0 Å². The fourth-order valence-corrected chi connectivity index (χ4v) is 2.73. The Labute approximate surface area is 96.4 Å². The zero-order chi connectivity index (χ0) is 9.31. The minimum Gasteiger partial charge on any atom is -0.303 e. The Kier molecular flexibility index (Phi) is 4.23. The molecule has 0 amide bonds. The first-order chi connectivity index (χ1) is 6.20. The van der Waals surface area contributed by atoms with Gasteiger partial charge in [-0.15, -0.1) is 12.4 Å². The van der Waals surface area contributed by atoms with Crippen LogP contribution in [0.15, 0.2) is 0 Å². The molecule has 3 fully saturated rings. The second-order valence-corrected chi connectivity index (χ2v) is 4.87. The molecule has 3 heterocycles. The standard InChI is InChI=1S/C10H16ClNO.ClH/c11-9(13)1-2-10-3-6-12(7-4-10)8-5-10;/h1-8H2;1H. The van der Waals surface area contributed by atoms with Crippen molar-refractivity contribution in [2.45, 2.75) is 32.1 Å². The Hall–Kier alpha value is 0.210. The third-order valence-corrected chi connectivity index (χ3v) is 3.92. The van der Waals surface area contributed by atoms with E-state index in [0.29, 0.717) is 11.8 Å². The molecule has 3 saturated heterocycles. The van der Waals surface area contributed by atoms with Gasteiger partial charge >= 0.3 is 0 Å². The molecule has 4 heteroatoms. The van der Waals surface area contributed by atoms with Crippen molar-refractivity contribution in [3.63, 3.8) is 0 Å². The molecule has 3 aliphatic rings. The van der Waals surface area contributed by atoms with Gasteiger partial charge in [0.15, 0.2) is 0 Å². The Morgan fingerprint density at radius 1 is 1.21 bits per heavy atom. The van der Waals surface area contributed by atoms with Gasteiger partial charge in [0, 0.05) is 6.42 Å². The zero-order valence-electron chi connectivity index (χ0n) is 8.30. The summed E-state index contributed by atoms with van der Waals surface area (Å²) in [4.78, 5) is 13.2. The number of hydrogen-bond acceptors (Lipinski definition) is 2. The normalized spacial score (nSPS) is 35.1. The number of halogens is 2. The van der Waals surface area contributed by atoms with Crippen LogP contribution in [0.1, 0.15) is 32.1 Å². The van der Waals surface area contributed by atoms with Crippen molar-refractivity contribution in [2.24, 2.45) is 5.41 Å². The van der Waals surface area contributed by atoms with E-state index in [1.54, 1.807) is 0 Å². The molecule has 82 valence electrons. The lowest BCUT2D eigenvalue weighted by Gasteiger charge is -2.48. The van der Waals surface area contributed by atoms with Gasteiger partial charge in [0.1, 0.15) is 0 Å². The molecule has 2 nitrogen and oxygen atoms in total. The van der Waals surface area contributed by atoms with Crippen LogP contribution in [0, 0.1) is 5.41 Å². The van der Waals surface area contributed by atoms with E-state index in [4.69, 9.17) is 11.6 Å². The SMILES string of the molecule is Cl.O=C(Cl)CCC12CCN(CC1)CC2. The summed E-state index contributed by atoms with van der Waals surface area (Å²) in [6, 6.07) is 0. The molecule has 0 aromatic rings. The number of piperidine rings is 3. The molecule has 0 spiro atoms. The molecule has 0 radical (unpaired) electrons. The van der Waals surface area contributed by atoms with Crippen LogP contribution >= 0.6 is 24.0 Å². The van der Waals surface area contributed by atoms with Crippen LogP contribution in [0.25, 0.3) is 0 Å². The first-order valence-corrected chi connectivity index (χ1v) is 5.49. The van der Waals surface area contributed by atoms with Gasteiger partial charge in [-0.05, 0) is 62.3 Å². The minimum absolute atomic E-state index is 0. The van der Waals surface area contributed by atoms with Crippen molar-refractivity contribution in [2.75, 3.05) is 19.6 Å². The van der Waals surface area contributed by atoms with Gasteiger partial charge in [-0.2, -0.15) is 0 Å². The van der Waals surface area contributed by atoms with Crippen LogP contribution in [-0.2, 0) is 4.79 Å². The van der Waals surface area contributed by atoms with E-state index in [9.17, 15) is 4.79 Å².